The average Bonchev–Trinajstić information content (AvgIpc) is 3.01. The van der Waals surface area contributed by atoms with Crippen LogP contribution in [-0.2, 0) is 13.0 Å². The highest BCUT2D eigenvalue weighted by Crippen LogP contribution is 2.21. The lowest BCUT2D eigenvalue weighted by Gasteiger charge is -2.34. The highest BCUT2D eigenvalue weighted by atomic mass is 79.9. The topological polar surface area (TPSA) is 32.3 Å². The van der Waals surface area contributed by atoms with Gasteiger partial charge in [-0.2, -0.15) is 4.37 Å². The summed E-state index contributed by atoms with van der Waals surface area (Å²) < 4.78 is 18.4. The lowest BCUT2D eigenvalue weighted by atomic mass is 10.2. The van der Waals surface area contributed by atoms with Gasteiger partial charge in [-0.1, -0.05) is 13.0 Å². The molecular weight excluding hydrogens is 367 g/mol. The van der Waals surface area contributed by atoms with Crippen molar-refractivity contribution in [3.63, 3.8) is 0 Å². The largest absolute Gasteiger partial charge is 0.344 e. The lowest BCUT2D eigenvalue weighted by Crippen LogP contribution is -2.45. The van der Waals surface area contributed by atoms with Crippen LogP contribution in [0.1, 0.15) is 18.3 Å². The second kappa shape index (κ2) is 7.02. The number of halogens is 2. The predicted octanol–water partition coefficient (Wildman–Crippen LogP) is 3.32. The maximum atomic E-state index is 13.6. The Balaban J connectivity index is 1.56. The van der Waals surface area contributed by atoms with E-state index < -0.39 is 0 Å². The first-order valence-corrected chi connectivity index (χ1v) is 8.96. The van der Waals surface area contributed by atoms with Crippen LogP contribution < -0.4 is 4.90 Å². The molecule has 0 saturated carbocycles. The van der Waals surface area contributed by atoms with Crippen LogP contribution in [0.4, 0.5) is 9.52 Å². The van der Waals surface area contributed by atoms with Crippen molar-refractivity contribution in [1.29, 1.82) is 0 Å². The lowest BCUT2D eigenvalue weighted by molar-refractivity contribution is 0.249. The van der Waals surface area contributed by atoms with Crippen LogP contribution in [-0.4, -0.2) is 40.4 Å². The summed E-state index contributed by atoms with van der Waals surface area (Å²) in [6.07, 6.45) is 0.881. The van der Waals surface area contributed by atoms with Gasteiger partial charge in [0, 0.05) is 50.7 Å². The van der Waals surface area contributed by atoms with Gasteiger partial charge in [-0.15, -0.1) is 0 Å². The molecule has 0 spiro atoms. The van der Waals surface area contributed by atoms with Crippen molar-refractivity contribution >= 4 is 32.6 Å². The maximum Gasteiger partial charge on any atom is 0.205 e. The van der Waals surface area contributed by atoms with Crippen molar-refractivity contribution in [1.82, 2.24) is 14.3 Å². The molecule has 0 N–H and O–H groups in total. The van der Waals surface area contributed by atoms with Gasteiger partial charge in [-0.05, 0) is 33.6 Å². The molecule has 2 heterocycles. The first kappa shape index (κ1) is 15.8. The Labute approximate surface area is 142 Å². The molecule has 1 fully saturated rings. The van der Waals surface area contributed by atoms with Crippen LogP contribution in [0.2, 0.25) is 0 Å². The monoisotopic (exact) mass is 384 g/mol. The molecule has 118 valence electrons. The summed E-state index contributed by atoms with van der Waals surface area (Å²) in [6.45, 7) is 6.65. The van der Waals surface area contributed by atoms with Crippen LogP contribution in [0.25, 0.3) is 0 Å². The molecule has 1 saturated heterocycles. The van der Waals surface area contributed by atoms with Crippen molar-refractivity contribution in [2.75, 3.05) is 31.1 Å². The fourth-order valence-electron chi connectivity index (χ4n) is 2.51. The number of hydrogen-bond acceptors (Lipinski definition) is 5. The molecule has 1 aromatic carbocycles. The molecule has 0 bridgehead atoms. The van der Waals surface area contributed by atoms with E-state index in [9.17, 15) is 4.39 Å². The molecule has 1 aromatic heterocycles. The van der Waals surface area contributed by atoms with Crippen LogP contribution in [0.5, 0.6) is 0 Å². The van der Waals surface area contributed by atoms with Gasteiger partial charge in [0.05, 0.1) is 4.47 Å². The standard InChI is InChI=1S/C15H18BrFN4S/c1-2-14-18-15(22-19-14)21-7-5-20(6-8-21)10-11-3-4-12(16)13(17)9-11/h3-4,9H,2,5-8,10H2,1H3. The number of hydrogen-bond donors (Lipinski definition) is 0. The molecule has 0 amide bonds. The molecule has 3 rings (SSSR count). The number of nitrogens with zero attached hydrogens (tertiary/aromatic N) is 4. The fourth-order valence-corrected chi connectivity index (χ4v) is 3.56. The SMILES string of the molecule is CCc1nsc(N2CCN(Cc3ccc(Br)c(F)c3)CC2)n1. The normalized spacial score (nSPS) is 16.2. The van der Waals surface area contributed by atoms with E-state index in [1.807, 2.05) is 6.07 Å². The first-order valence-electron chi connectivity index (χ1n) is 7.39. The summed E-state index contributed by atoms with van der Waals surface area (Å²) in [6, 6.07) is 5.35. The van der Waals surface area contributed by atoms with E-state index in [1.54, 1.807) is 12.1 Å². The van der Waals surface area contributed by atoms with E-state index in [-0.39, 0.29) is 5.82 Å². The molecule has 0 atom stereocenters. The summed E-state index contributed by atoms with van der Waals surface area (Å²) >= 11 is 4.67. The number of anilines is 1. The molecule has 0 aliphatic carbocycles. The quantitative estimate of drug-likeness (QED) is 0.808. The third-order valence-corrected chi connectivity index (χ3v) is 5.26. The molecule has 7 heteroatoms. The molecule has 0 radical (unpaired) electrons. The second-order valence-corrected chi connectivity index (χ2v) is 6.94. The highest BCUT2D eigenvalue weighted by Gasteiger charge is 2.20. The zero-order chi connectivity index (χ0) is 15.5. The minimum atomic E-state index is -0.197. The number of aryl methyl sites for hydroxylation is 1. The Kier molecular flexibility index (Phi) is 5.05. The van der Waals surface area contributed by atoms with Crippen molar-refractivity contribution in [3.05, 3.63) is 39.9 Å². The predicted molar refractivity (Wildman–Crippen MR) is 90.9 cm³/mol. The van der Waals surface area contributed by atoms with E-state index in [0.717, 1.165) is 55.7 Å². The van der Waals surface area contributed by atoms with Gasteiger partial charge in [-0.25, -0.2) is 9.37 Å². The van der Waals surface area contributed by atoms with Gasteiger partial charge in [-0.3, -0.25) is 4.90 Å². The zero-order valence-electron chi connectivity index (χ0n) is 12.4. The molecule has 22 heavy (non-hydrogen) atoms. The van der Waals surface area contributed by atoms with E-state index in [1.165, 1.54) is 11.5 Å². The van der Waals surface area contributed by atoms with Crippen LogP contribution in [0.15, 0.2) is 22.7 Å². The van der Waals surface area contributed by atoms with E-state index >= 15 is 0 Å². The van der Waals surface area contributed by atoms with Gasteiger partial charge < -0.3 is 4.90 Å². The van der Waals surface area contributed by atoms with E-state index in [2.05, 4.69) is 42.0 Å². The Morgan fingerprint density at radius 1 is 1.27 bits per heavy atom. The molecule has 2 aromatic rings. The summed E-state index contributed by atoms with van der Waals surface area (Å²) in [7, 11) is 0. The Morgan fingerprint density at radius 2 is 2.05 bits per heavy atom. The average molecular weight is 385 g/mol. The van der Waals surface area contributed by atoms with Gasteiger partial charge in [0.1, 0.15) is 11.6 Å². The van der Waals surface area contributed by atoms with Crippen molar-refractivity contribution in [3.8, 4) is 0 Å². The third kappa shape index (κ3) is 3.64. The number of benzene rings is 1. The summed E-state index contributed by atoms with van der Waals surface area (Å²) in [5.74, 6) is 0.727. The van der Waals surface area contributed by atoms with Crippen LogP contribution in [0.3, 0.4) is 0 Å². The highest BCUT2D eigenvalue weighted by molar-refractivity contribution is 9.10. The van der Waals surface area contributed by atoms with Crippen molar-refractivity contribution < 1.29 is 4.39 Å². The number of rotatable bonds is 4. The zero-order valence-corrected chi connectivity index (χ0v) is 14.8. The second-order valence-electron chi connectivity index (χ2n) is 5.36. The Hall–Kier alpha value is -1.05. The number of piperazine rings is 1. The smallest absolute Gasteiger partial charge is 0.205 e. The molecular formula is C15H18BrFN4S. The maximum absolute atomic E-state index is 13.6. The molecule has 4 nitrogen and oxygen atoms in total. The van der Waals surface area contributed by atoms with Gasteiger partial charge in [0.15, 0.2) is 0 Å². The van der Waals surface area contributed by atoms with E-state index in [0.29, 0.717) is 4.47 Å². The Morgan fingerprint density at radius 3 is 2.68 bits per heavy atom. The summed E-state index contributed by atoms with van der Waals surface area (Å²) in [5, 5.41) is 1.02. The minimum absolute atomic E-state index is 0.197. The summed E-state index contributed by atoms with van der Waals surface area (Å²) in [5.41, 5.74) is 1.01. The minimum Gasteiger partial charge on any atom is -0.344 e. The van der Waals surface area contributed by atoms with Crippen LogP contribution >= 0.6 is 27.5 Å². The van der Waals surface area contributed by atoms with Gasteiger partial charge in [0.2, 0.25) is 5.13 Å². The number of aromatic nitrogens is 2. The Bertz CT molecular complexity index is 640. The van der Waals surface area contributed by atoms with Gasteiger partial charge >= 0.3 is 0 Å². The van der Waals surface area contributed by atoms with Crippen molar-refractivity contribution in [2.45, 2.75) is 19.9 Å². The molecule has 0 unspecified atom stereocenters. The molecule has 1 aliphatic heterocycles. The van der Waals surface area contributed by atoms with Gasteiger partial charge in [0.25, 0.3) is 0 Å². The van der Waals surface area contributed by atoms with E-state index in [4.69, 9.17) is 0 Å². The van der Waals surface area contributed by atoms with Crippen LogP contribution in [0, 0.1) is 5.82 Å². The molecule has 1 aliphatic rings. The third-order valence-electron chi connectivity index (χ3n) is 3.81. The summed E-state index contributed by atoms with van der Waals surface area (Å²) in [4.78, 5) is 9.18. The fraction of sp³-hybridized carbons (Fsp3) is 0.467. The van der Waals surface area contributed by atoms with Crippen molar-refractivity contribution in [2.24, 2.45) is 0 Å². The first-order chi connectivity index (χ1) is 10.7.